The third-order valence-electron chi connectivity index (χ3n) is 4.39. The molecule has 132 valence electrons. The summed E-state index contributed by atoms with van der Waals surface area (Å²) in [5, 5.41) is 21.6. The van der Waals surface area contributed by atoms with Gasteiger partial charge in [0.2, 0.25) is 5.91 Å². The summed E-state index contributed by atoms with van der Waals surface area (Å²) < 4.78 is 5.50. The van der Waals surface area contributed by atoms with Crippen LogP contribution in [0.25, 0.3) is 0 Å². The topological polar surface area (TPSA) is 95.9 Å². The van der Waals surface area contributed by atoms with Gasteiger partial charge < -0.3 is 20.3 Å². The zero-order chi connectivity index (χ0) is 17.5. The summed E-state index contributed by atoms with van der Waals surface area (Å²) in [5.74, 6) is -0.703. The molecule has 0 bridgehead atoms. The molecule has 1 saturated carbocycles. The monoisotopic (exact) mass is 335 g/mol. The van der Waals surface area contributed by atoms with Gasteiger partial charge in [0, 0.05) is 12.5 Å². The molecule has 1 aromatic carbocycles. The van der Waals surface area contributed by atoms with Crippen LogP contribution in [-0.4, -0.2) is 41.3 Å². The summed E-state index contributed by atoms with van der Waals surface area (Å²) in [7, 11) is 0. The quantitative estimate of drug-likeness (QED) is 0.705. The molecular formula is C18H25NO5. The van der Waals surface area contributed by atoms with Crippen molar-refractivity contribution >= 4 is 11.9 Å². The second-order valence-electron chi connectivity index (χ2n) is 6.41. The molecule has 6 nitrogen and oxygen atoms in total. The van der Waals surface area contributed by atoms with Crippen molar-refractivity contribution in [2.45, 2.75) is 38.7 Å². The summed E-state index contributed by atoms with van der Waals surface area (Å²) in [6.45, 7) is 2.20. The highest BCUT2D eigenvalue weighted by Gasteiger charge is 2.29. The number of aliphatic hydroxyl groups excluding tert-OH is 1. The van der Waals surface area contributed by atoms with Crippen LogP contribution >= 0.6 is 0 Å². The first-order valence-corrected chi connectivity index (χ1v) is 8.33. The van der Waals surface area contributed by atoms with Crippen molar-refractivity contribution in [3.05, 3.63) is 29.8 Å². The van der Waals surface area contributed by atoms with Gasteiger partial charge in [-0.1, -0.05) is 12.1 Å². The predicted octanol–water partition coefficient (Wildman–Crippen LogP) is 1.74. The Morgan fingerprint density at radius 3 is 2.54 bits per heavy atom. The van der Waals surface area contributed by atoms with E-state index in [-0.39, 0.29) is 30.9 Å². The van der Waals surface area contributed by atoms with Crippen LogP contribution in [0, 0.1) is 18.8 Å². The minimum absolute atomic E-state index is 0.107. The molecule has 1 aromatic rings. The number of rotatable bonds is 7. The van der Waals surface area contributed by atoms with E-state index in [9.17, 15) is 14.7 Å². The van der Waals surface area contributed by atoms with Crippen LogP contribution in [0.15, 0.2) is 24.3 Å². The van der Waals surface area contributed by atoms with E-state index in [1.807, 2.05) is 31.2 Å². The summed E-state index contributed by atoms with van der Waals surface area (Å²) in [5.41, 5.74) is 1.08. The van der Waals surface area contributed by atoms with Gasteiger partial charge >= 0.3 is 5.97 Å². The number of carbonyl (C=O) groups excluding carboxylic acids is 1. The van der Waals surface area contributed by atoms with Crippen molar-refractivity contribution in [2.24, 2.45) is 11.8 Å². The molecule has 0 radical (unpaired) electrons. The van der Waals surface area contributed by atoms with Gasteiger partial charge in [-0.05, 0) is 50.3 Å². The maximum atomic E-state index is 12.1. The van der Waals surface area contributed by atoms with E-state index in [1.165, 1.54) is 0 Å². The van der Waals surface area contributed by atoms with Crippen LogP contribution in [0.4, 0.5) is 0 Å². The standard InChI is InChI=1S/C18H25NO5/c1-12-3-2-4-16(9-12)24-11-15(20)10-19-17(21)13-5-7-14(8-6-13)18(22)23/h2-4,9,13-15,20H,5-8,10-11H2,1H3,(H,19,21)(H,22,23). The number of carboxylic acid groups (broad SMARTS) is 1. The number of carbonyl (C=O) groups is 2. The summed E-state index contributed by atoms with van der Waals surface area (Å²) in [6, 6.07) is 7.54. The minimum atomic E-state index is -0.787. The number of ether oxygens (including phenoxy) is 1. The number of benzene rings is 1. The van der Waals surface area contributed by atoms with Crippen LogP contribution in [0.3, 0.4) is 0 Å². The zero-order valence-corrected chi connectivity index (χ0v) is 13.9. The fourth-order valence-corrected chi connectivity index (χ4v) is 2.92. The first-order valence-electron chi connectivity index (χ1n) is 8.33. The number of aryl methyl sites for hydroxylation is 1. The zero-order valence-electron chi connectivity index (χ0n) is 13.9. The van der Waals surface area contributed by atoms with E-state index in [0.29, 0.717) is 31.4 Å². The molecule has 2 rings (SSSR count). The molecule has 1 atom stereocenters. The minimum Gasteiger partial charge on any atom is -0.491 e. The third-order valence-corrected chi connectivity index (χ3v) is 4.39. The van der Waals surface area contributed by atoms with Gasteiger partial charge in [-0.15, -0.1) is 0 Å². The van der Waals surface area contributed by atoms with Gasteiger partial charge in [-0.3, -0.25) is 9.59 Å². The highest BCUT2D eigenvalue weighted by Crippen LogP contribution is 2.28. The van der Waals surface area contributed by atoms with Gasteiger partial charge in [0.1, 0.15) is 18.5 Å². The predicted molar refractivity (Wildman–Crippen MR) is 88.8 cm³/mol. The highest BCUT2D eigenvalue weighted by atomic mass is 16.5. The molecule has 1 unspecified atom stereocenters. The number of hydrogen-bond donors (Lipinski definition) is 3. The molecule has 0 aromatic heterocycles. The van der Waals surface area contributed by atoms with Gasteiger partial charge in [0.05, 0.1) is 5.92 Å². The summed E-state index contributed by atoms with van der Waals surface area (Å²) >= 11 is 0. The summed E-state index contributed by atoms with van der Waals surface area (Å²) in [6.07, 6.45) is 1.45. The lowest BCUT2D eigenvalue weighted by Gasteiger charge is -2.25. The molecule has 0 aliphatic heterocycles. The Balaban J connectivity index is 1.67. The first kappa shape index (κ1) is 18.3. The number of aliphatic hydroxyl groups is 1. The highest BCUT2D eigenvalue weighted by molar-refractivity contribution is 5.79. The molecule has 1 aliphatic carbocycles. The molecule has 6 heteroatoms. The maximum absolute atomic E-state index is 12.1. The van der Waals surface area contributed by atoms with Crippen LogP contribution in [0.2, 0.25) is 0 Å². The van der Waals surface area contributed by atoms with Crippen molar-refractivity contribution < 1.29 is 24.5 Å². The van der Waals surface area contributed by atoms with Gasteiger partial charge in [0.15, 0.2) is 0 Å². The fraction of sp³-hybridized carbons (Fsp3) is 0.556. The Labute approximate surface area is 141 Å². The summed E-state index contributed by atoms with van der Waals surface area (Å²) in [4.78, 5) is 23.0. The largest absolute Gasteiger partial charge is 0.491 e. The van der Waals surface area contributed by atoms with Crippen LogP contribution in [0.1, 0.15) is 31.2 Å². The molecule has 0 spiro atoms. The average molecular weight is 335 g/mol. The van der Waals surface area contributed by atoms with Crippen molar-refractivity contribution in [1.29, 1.82) is 0 Å². The van der Waals surface area contributed by atoms with Gasteiger partial charge in [-0.2, -0.15) is 0 Å². The number of carboxylic acids is 1. The number of nitrogens with one attached hydrogen (secondary N) is 1. The Hall–Kier alpha value is -2.08. The van der Waals surface area contributed by atoms with E-state index in [2.05, 4.69) is 5.32 Å². The molecule has 0 saturated heterocycles. The molecule has 1 fully saturated rings. The second-order valence-corrected chi connectivity index (χ2v) is 6.41. The SMILES string of the molecule is Cc1cccc(OCC(O)CNC(=O)C2CCC(C(=O)O)CC2)c1. The van der Waals surface area contributed by atoms with E-state index in [0.717, 1.165) is 5.56 Å². The lowest BCUT2D eigenvalue weighted by molar-refractivity contribution is -0.144. The molecule has 24 heavy (non-hydrogen) atoms. The van der Waals surface area contributed by atoms with Crippen LogP contribution in [0.5, 0.6) is 5.75 Å². The van der Waals surface area contributed by atoms with E-state index in [1.54, 1.807) is 0 Å². The second kappa shape index (κ2) is 8.68. The Kier molecular flexibility index (Phi) is 6.61. The first-order chi connectivity index (χ1) is 11.5. The Morgan fingerprint density at radius 1 is 1.25 bits per heavy atom. The number of amides is 1. The maximum Gasteiger partial charge on any atom is 0.306 e. The Morgan fingerprint density at radius 2 is 1.92 bits per heavy atom. The lowest BCUT2D eigenvalue weighted by atomic mass is 9.81. The molecule has 3 N–H and O–H groups in total. The van der Waals surface area contributed by atoms with E-state index >= 15 is 0 Å². The smallest absolute Gasteiger partial charge is 0.306 e. The molecular weight excluding hydrogens is 310 g/mol. The number of hydrogen-bond acceptors (Lipinski definition) is 4. The molecule has 1 aliphatic rings. The third kappa shape index (κ3) is 5.53. The van der Waals surface area contributed by atoms with Crippen LogP contribution < -0.4 is 10.1 Å². The van der Waals surface area contributed by atoms with Crippen LogP contribution in [-0.2, 0) is 9.59 Å². The number of aliphatic carboxylic acids is 1. The fourth-order valence-electron chi connectivity index (χ4n) is 2.92. The van der Waals surface area contributed by atoms with Crippen molar-refractivity contribution in [2.75, 3.05) is 13.2 Å². The normalized spacial score (nSPS) is 21.8. The van der Waals surface area contributed by atoms with E-state index < -0.39 is 12.1 Å². The van der Waals surface area contributed by atoms with Crippen molar-refractivity contribution in [3.63, 3.8) is 0 Å². The Bertz CT molecular complexity index is 566. The van der Waals surface area contributed by atoms with Crippen molar-refractivity contribution in [3.8, 4) is 5.75 Å². The lowest BCUT2D eigenvalue weighted by Crippen LogP contribution is -2.40. The average Bonchev–Trinajstić information content (AvgIpc) is 2.58. The van der Waals surface area contributed by atoms with Crippen molar-refractivity contribution in [1.82, 2.24) is 5.32 Å². The van der Waals surface area contributed by atoms with Gasteiger partial charge in [0.25, 0.3) is 0 Å². The molecule has 0 heterocycles. The van der Waals surface area contributed by atoms with E-state index in [4.69, 9.17) is 9.84 Å². The van der Waals surface area contributed by atoms with Gasteiger partial charge in [-0.25, -0.2) is 0 Å². The molecule has 1 amide bonds.